The second-order valence-electron chi connectivity index (χ2n) is 3.41. The lowest BCUT2D eigenvalue weighted by Crippen LogP contribution is -1.85. The number of benzene rings is 1. The minimum Gasteiger partial charge on any atom is -0.497 e. The lowest BCUT2D eigenvalue weighted by atomic mass is 10.3. The van der Waals surface area contributed by atoms with Crippen molar-refractivity contribution in [1.82, 2.24) is 4.98 Å². The molecule has 0 fully saturated rings. The number of hydrogen-bond donors (Lipinski definition) is 0. The van der Waals surface area contributed by atoms with E-state index in [-0.39, 0.29) is 0 Å². The fourth-order valence-corrected chi connectivity index (χ4v) is 2.53. The Balaban J connectivity index is 2.28. The lowest BCUT2D eigenvalue weighted by molar-refractivity contribution is 0.413. The summed E-state index contributed by atoms with van der Waals surface area (Å²) < 4.78 is 5.15. The van der Waals surface area contributed by atoms with Crippen molar-refractivity contribution in [3.05, 3.63) is 47.1 Å². The van der Waals surface area contributed by atoms with Crippen LogP contribution in [-0.2, 0) is 0 Å². The summed E-state index contributed by atoms with van der Waals surface area (Å²) in [6.45, 7) is 0. The smallest absolute Gasteiger partial charge is 0.131 e. The molecule has 0 N–H and O–H groups in total. The average molecular weight is 277 g/mol. The molecule has 0 aliphatic rings. The summed E-state index contributed by atoms with van der Waals surface area (Å²) in [6.07, 6.45) is 0. The standard InChI is InChI=1S/C13H9ClN2OS/c1-17-10-3-2-4-11(7-10)18-13-6-9(8-15)5-12(14)16-13/h2-7H,1H3. The van der Waals surface area contributed by atoms with Crippen LogP contribution in [0.2, 0.25) is 5.15 Å². The largest absolute Gasteiger partial charge is 0.497 e. The van der Waals surface area contributed by atoms with Gasteiger partial charge < -0.3 is 4.74 Å². The quantitative estimate of drug-likeness (QED) is 0.801. The van der Waals surface area contributed by atoms with Gasteiger partial charge in [-0.05, 0) is 30.3 Å². The average Bonchev–Trinajstić information content (AvgIpc) is 2.38. The van der Waals surface area contributed by atoms with E-state index in [2.05, 4.69) is 11.1 Å². The fourth-order valence-electron chi connectivity index (χ4n) is 1.38. The van der Waals surface area contributed by atoms with Crippen molar-refractivity contribution >= 4 is 23.4 Å². The van der Waals surface area contributed by atoms with Crippen molar-refractivity contribution in [2.75, 3.05) is 7.11 Å². The third-order valence-electron chi connectivity index (χ3n) is 2.16. The highest BCUT2D eigenvalue weighted by Crippen LogP contribution is 2.30. The van der Waals surface area contributed by atoms with Crippen LogP contribution in [0.15, 0.2) is 46.3 Å². The lowest BCUT2D eigenvalue weighted by Gasteiger charge is -2.04. The summed E-state index contributed by atoms with van der Waals surface area (Å²) in [5, 5.41) is 9.88. The zero-order chi connectivity index (χ0) is 13.0. The van der Waals surface area contributed by atoms with Gasteiger partial charge >= 0.3 is 0 Å². The van der Waals surface area contributed by atoms with Crippen molar-refractivity contribution in [2.45, 2.75) is 9.92 Å². The maximum Gasteiger partial charge on any atom is 0.131 e. The molecule has 90 valence electrons. The minimum atomic E-state index is 0.319. The Morgan fingerprint density at radius 3 is 2.89 bits per heavy atom. The summed E-state index contributed by atoms with van der Waals surface area (Å²) in [4.78, 5) is 5.15. The number of nitrogens with zero attached hydrogens (tertiary/aromatic N) is 2. The maximum absolute atomic E-state index is 8.87. The highest BCUT2D eigenvalue weighted by molar-refractivity contribution is 7.99. The van der Waals surface area contributed by atoms with Gasteiger partial charge in [-0.2, -0.15) is 5.26 Å². The highest BCUT2D eigenvalue weighted by atomic mass is 35.5. The molecule has 0 aliphatic heterocycles. The molecule has 0 spiro atoms. The Bertz CT molecular complexity index is 610. The van der Waals surface area contributed by atoms with Gasteiger partial charge in [0.25, 0.3) is 0 Å². The summed E-state index contributed by atoms with van der Waals surface area (Å²) in [7, 11) is 1.62. The van der Waals surface area contributed by atoms with E-state index in [1.807, 2.05) is 24.3 Å². The molecule has 5 heteroatoms. The van der Waals surface area contributed by atoms with E-state index < -0.39 is 0 Å². The van der Waals surface area contributed by atoms with Gasteiger partial charge in [0.1, 0.15) is 15.9 Å². The summed E-state index contributed by atoms with van der Waals surface area (Å²) >= 11 is 7.29. The van der Waals surface area contributed by atoms with E-state index in [9.17, 15) is 0 Å². The van der Waals surface area contributed by atoms with Crippen molar-refractivity contribution < 1.29 is 4.74 Å². The second kappa shape index (κ2) is 5.76. The maximum atomic E-state index is 8.87. The second-order valence-corrected chi connectivity index (χ2v) is 4.89. The van der Waals surface area contributed by atoms with Crippen molar-refractivity contribution in [1.29, 1.82) is 5.26 Å². The van der Waals surface area contributed by atoms with Crippen molar-refractivity contribution in [3.8, 4) is 11.8 Å². The Labute approximate surface area is 114 Å². The van der Waals surface area contributed by atoms with Crippen LogP contribution in [0.3, 0.4) is 0 Å². The molecule has 1 aromatic carbocycles. The number of ether oxygens (including phenoxy) is 1. The monoisotopic (exact) mass is 276 g/mol. The molecule has 0 radical (unpaired) electrons. The van der Waals surface area contributed by atoms with Gasteiger partial charge in [-0.25, -0.2) is 4.98 Å². The topological polar surface area (TPSA) is 45.9 Å². The zero-order valence-corrected chi connectivity index (χ0v) is 11.1. The van der Waals surface area contributed by atoms with Crippen molar-refractivity contribution in [3.63, 3.8) is 0 Å². The third-order valence-corrected chi connectivity index (χ3v) is 3.26. The zero-order valence-electron chi connectivity index (χ0n) is 9.55. The molecule has 0 saturated heterocycles. The molecule has 0 aliphatic carbocycles. The molecule has 3 nitrogen and oxygen atoms in total. The Morgan fingerprint density at radius 2 is 2.17 bits per heavy atom. The first-order valence-corrected chi connectivity index (χ1v) is 6.30. The van der Waals surface area contributed by atoms with E-state index in [1.54, 1.807) is 13.2 Å². The van der Waals surface area contributed by atoms with Gasteiger partial charge in [-0.1, -0.05) is 29.4 Å². The minimum absolute atomic E-state index is 0.319. The van der Waals surface area contributed by atoms with E-state index in [4.69, 9.17) is 21.6 Å². The van der Waals surface area contributed by atoms with Crippen LogP contribution in [0.1, 0.15) is 5.56 Å². The molecule has 0 bridgehead atoms. The first kappa shape index (κ1) is 12.7. The molecule has 2 aromatic rings. The number of aromatic nitrogens is 1. The van der Waals surface area contributed by atoms with E-state index in [0.717, 1.165) is 10.6 Å². The van der Waals surface area contributed by atoms with Gasteiger partial charge in [0, 0.05) is 4.90 Å². The van der Waals surface area contributed by atoms with E-state index in [0.29, 0.717) is 15.7 Å². The van der Waals surface area contributed by atoms with E-state index >= 15 is 0 Å². The number of methoxy groups -OCH3 is 1. The fraction of sp³-hybridized carbons (Fsp3) is 0.0769. The molecular weight excluding hydrogens is 268 g/mol. The molecule has 0 unspecified atom stereocenters. The van der Waals surface area contributed by atoms with Crippen LogP contribution in [0.5, 0.6) is 5.75 Å². The predicted octanol–water partition coefficient (Wildman–Crippen LogP) is 3.77. The van der Waals surface area contributed by atoms with Gasteiger partial charge in [0.05, 0.1) is 18.7 Å². The van der Waals surface area contributed by atoms with Crippen LogP contribution in [0, 0.1) is 11.3 Å². The van der Waals surface area contributed by atoms with Crippen molar-refractivity contribution in [2.24, 2.45) is 0 Å². The number of halogens is 1. The summed E-state index contributed by atoms with van der Waals surface area (Å²) in [6, 6.07) is 12.9. The van der Waals surface area contributed by atoms with Gasteiger partial charge in [-0.3, -0.25) is 0 Å². The highest BCUT2D eigenvalue weighted by Gasteiger charge is 2.04. The number of nitriles is 1. The third kappa shape index (κ3) is 3.16. The van der Waals surface area contributed by atoms with Gasteiger partial charge in [0.2, 0.25) is 0 Å². The molecule has 18 heavy (non-hydrogen) atoms. The molecule has 2 rings (SSSR count). The van der Waals surface area contributed by atoms with Crippen LogP contribution in [-0.4, -0.2) is 12.1 Å². The molecule has 1 aromatic heterocycles. The Morgan fingerprint density at radius 1 is 1.33 bits per heavy atom. The normalized spacial score (nSPS) is 9.83. The molecular formula is C13H9ClN2OS. The van der Waals surface area contributed by atoms with Crippen LogP contribution >= 0.6 is 23.4 Å². The SMILES string of the molecule is COc1cccc(Sc2cc(C#N)cc(Cl)n2)c1. The molecule has 0 amide bonds. The van der Waals surface area contributed by atoms with Gasteiger partial charge in [-0.15, -0.1) is 0 Å². The summed E-state index contributed by atoms with van der Waals surface area (Å²) in [5.41, 5.74) is 0.500. The van der Waals surface area contributed by atoms with E-state index in [1.165, 1.54) is 17.8 Å². The predicted molar refractivity (Wildman–Crippen MR) is 71.1 cm³/mol. The van der Waals surface area contributed by atoms with Gasteiger partial charge in [0.15, 0.2) is 0 Å². The number of hydrogen-bond acceptors (Lipinski definition) is 4. The molecule has 0 atom stereocenters. The number of rotatable bonds is 3. The van der Waals surface area contributed by atoms with Crippen LogP contribution < -0.4 is 4.74 Å². The number of pyridine rings is 1. The Hall–Kier alpha value is -1.70. The Kier molecular flexibility index (Phi) is 4.08. The molecule has 1 heterocycles. The van der Waals surface area contributed by atoms with Crippen LogP contribution in [0.4, 0.5) is 0 Å². The molecule has 0 saturated carbocycles. The van der Waals surface area contributed by atoms with Crippen LogP contribution in [0.25, 0.3) is 0 Å². The summed E-state index contributed by atoms with van der Waals surface area (Å²) in [5.74, 6) is 0.780. The first-order valence-electron chi connectivity index (χ1n) is 5.11. The first-order chi connectivity index (χ1) is 8.71.